The summed E-state index contributed by atoms with van der Waals surface area (Å²) >= 11 is 0. The second-order valence-corrected chi connectivity index (χ2v) is 24.2. The van der Waals surface area contributed by atoms with Crippen molar-refractivity contribution in [2.45, 2.75) is 191 Å². The molecule has 0 radical (unpaired) electrons. The van der Waals surface area contributed by atoms with Crippen LogP contribution in [-0.4, -0.2) is 237 Å². The lowest BCUT2D eigenvalue weighted by Gasteiger charge is -2.29. The van der Waals surface area contributed by atoms with Crippen LogP contribution in [0.2, 0.25) is 0 Å². The Morgan fingerprint density at radius 3 is 1.28 bits per heavy atom. The lowest BCUT2D eigenvalue weighted by molar-refractivity contribution is -0.142. The standard InChI is InChI=1S/C59H101N25O19/c1-7-28(4)45(55(101)83-39(22-44(90)91)49(95)73-25-42(87)77-38(21-43(88)89)48(94)72-24-41(86)76-34(14-15-40(61)85)52(98)80-35(56(102)103)13-10-18-71-59(66)67)84-54(100)36(19-27(2)3)81-53(99)37(20-31-23-68-26-74-31)82-51(97)33(12-9-17-70-58(64)65)79-50(96)32(11-8-16-69-57(62)63)78-47(93)30(6)75-46(92)29(5)60/h23,26-30,32-39,45H,7-22,24-25,60H2,1-6H3,(H2,61,85)(H,68,74)(H,72,94)(H,73,95)(H,75,92)(H,76,86)(H,77,87)(H,78,93)(H,79,96)(H,80,98)(H,81,99)(H,82,97)(H,83,101)(H,84,100)(H,88,89)(H,90,91)(H,102,103)(H4,62,63,69)(H4,64,65,70)(H4,66,67,71)/t28-,29-,30-,32-,33-,34-,35-,36-,37-,38-,39-,45-/m0/s1. The van der Waals surface area contributed by atoms with Gasteiger partial charge in [0.05, 0.1) is 38.3 Å². The molecule has 12 atom stereocenters. The number of hydrogen-bond donors (Lipinski definition) is 24. The highest BCUT2D eigenvalue weighted by Gasteiger charge is 2.37. The van der Waals surface area contributed by atoms with E-state index in [0.29, 0.717) is 5.69 Å². The van der Waals surface area contributed by atoms with Crippen LogP contribution in [0.1, 0.15) is 124 Å². The van der Waals surface area contributed by atoms with E-state index in [0.717, 1.165) is 0 Å². The number of aromatic nitrogens is 2. The highest BCUT2D eigenvalue weighted by atomic mass is 16.4. The molecule has 0 bridgehead atoms. The topological polar surface area (TPSA) is 752 Å². The van der Waals surface area contributed by atoms with E-state index >= 15 is 0 Å². The molecule has 44 nitrogen and oxygen atoms in total. The number of H-pyrrole nitrogens is 1. The molecule has 0 saturated carbocycles. The van der Waals surface area contributed by atoms with Crippen molar-refractivity contribution < 1.29 is 92.0 Å². The number of carboxylic acids is 3. The SMILES string of the molecule is CC[C@H](C)[C@H](NC(=O)[C@H](CC(C)C)NC(=O)[C@H](Cc1cnc[nH]1)NC(=O)[C@H](CCCN=C(N)N)NC(=O)[C@H](CCCN=C(N)N)NC(=O)[C@H](C)NC(=O)[C@H](C)N)C(=O)N[C@@H](CC(=O)O)C(=O)NCC(=O)N[C@@H](CC(=O)O)C(=O)NCC(=O)N[C@@H](CCC(N)=O)C(=O)N[C@@H](CCCN=C(N)N)C(=O)O. The van der Waals surface area contributed by atoms with Crippen molar-refractivity contribution in [3.05, 3.63) is 18.2 Å². The first-order valence-electron chi connectivity index (χ1n) is 32.7. The number of imidazole rings is 1. The fourth-order valence-electron chi connectivity index (χ4n) is 9.24. The largest absolute Gasteiger partial charge is 0.481 e. The van der Waals surface area contributed by atoms with E-state index in [1.807, 2.05) is 5.32 Å². The smallest absolute Gasteiger partial charge is 0.326 e. The number of hydrogen-bond acceptors (Lipinski definition) is 21. The maximum atomic E-state index is 14.6. The number of carbonyl (C=O) groups excluding carboxylic acids is 13. The van der Waals surface area contributed by atoms with E-state index in [4.69, 9.17) is 45.9 Å². The Kier molecular flexibility index (Phi) is 40.6. The minimum atomic E-state index is -1.99. The van der Waals surface area contributed by atoms with Crippen molar-refractivity contribution in [1.29, 1.82) is 0 Å². The minimum Gasteiger partial charge on any atom is -0.481 e. The Bertz CT molecular complexity index is 3170. The van der Waals surface area contributed by atoms with Gasteiger partial charge in [0, 0.05) is 44.4 Å². The fraction of sp³-hybridized carbons (Fsp3) is 0.627. The van der Waals surface area contributed by atoms with Gasteiger partial charge in [-0.2, -0.15) is 0 Å². The van der Waals surface area contributed by atoms with Crippen molar-refractivity contribution in [1.82, 2.24) is 73.8 Å². The molecule has 1 rings (SSSR count). The molecule has 0 unspecified atom stereocenters. The third kappa shape index (κ3) is 37.5. The van der Waals surface area contributed by atoms with Crippen LogP contribution < -0.4 is 110 Å². The molecular formula is C59H101N25O19. The normalized spacial score (nSPS) is 14.3. The zero-order valence-corrected chi connectivity index (χ0v) is 58.2. The van der Waals surface area contributed by atoms with Crippen LogP contribution in [0, 0.1) is 11.8 Å². The average Bonchev–Trinajstić information content (AvgIpc) is 1.08. The number of amides is 13. The van der Waals surface area contributed by atoms with Crippen molar-refractivity contribution >= 4 is 113 Å². The van der Waals surface area contributed by atoms with Crippen LogP contribution in [0.3, 0.4) is 0 Å². The van der Waals surface area contributed by atoms with Gasteiger partial charge in [-0.15, -0.1) is 0 Å². The number of carbonyl (C=O) groups is 16. The summed E-state index contributed by atoms with van der Waals surface area (Å²) in [6, 6.07) is -16.7. The molecule has 32 N–H and O–H groups in total. The summed E-state index contributed by atoms with van der Waals surface area (Å²) in [5.41, 5.74) is 43.7. The fourth-order valence-corrected chi connectivity index (χ4v) is 9.24. The molecule has 0 fully saturated rings. The molecule has 44 heteroatoms. The molecule has 1 aromatic heterocycles. The molecule has 0 spiro atoms. The first kappa shape index (κ1) is 89.5. The predicted molar refractivity (Wildman–Crippen MR) is 366 cm³/mol. The first-order valence-corrected chi connectivity index (χ1v) is 32.7. The molecule has 576 valence electrons. The Morgan fingerprint density at radius 2 is 0.864 bits per heavy atom. The van der Waals surface area contributed by atoms with Crippen LogP contribution >= 0.6 is 0 Å². The number of nitrogens with two attached hydrogens (primary N) is 8. The summed E-state index contributed by atoms with van der Waals surface area (Å²) in [4.78, 5) is 230. The summed E-state index contributed by atoms with van der Waals surface area (Å²) in [6.07, 6.45) is -0.940. The van der Waals surface area contributed by atoms with Gasteiger partial charge < -0.3 is 130 Å². The maximum absolute atomic E-state index is 14.6. The van der Waals surface area contributed by atoms with Crippen LogP contribution in [0.5, 0.6) is 0 Å². The lowest BCUT2D eigenvalue weighted by atomic mass is 9.96. The van der Waals surface area contributed by atoms with Gasteiger partial charge >= 0.3 is 17.9 Å². The highest BCUT2D eigenvalue weighted by molar-refractivity contribution is 6.00. The number of guanidine groups is 3. The molecule has 0 aliphatic carbocycles. The van der Waals surface area contributed by atoms with Crippen LogP contribution in [0.4, 0.5) is 0 Å². The summed E-state index contributed by atoms with van der Waals surface area (Å²) in [5.74, 6) is -20.1. The molecule has 0 aliphatic heterocycles. The predicted octanol–water partition coefficient (Wildman–Crippen LogP) is -10.0. The Morgan fingerprint density at radius 1 is 0.466 bits per heavy atom. The van der Waals surface area contributed by atoms with Gasteiger partial charge in [0.15, 0.2) is 17.9 Å². The zero-order valence-electron chi connectivity index (χ0n) is 58.2. The van der Waals surface area contributed by atoms with E-state index in [-0.39, 0.29) is 101 Å². The quantitative estimate of drug-likeness (QED) is 0.0164. The number of nitrogens with one attached hydrogen (secondary N) is 13. The molecule has 0 saturated heterocycles. The average molecular weight is 1460 g/mol. The molecule has 0 aromatic carbocycles. The van der Waals surface area contributed by atoms with E-state index < -0.39 is 206 Å². The summed E-state index contributed by atoms with van der Waals surface area (Å²) in [5, 5.41) is 57.3. The van der Waals surface area contributed by atoms with Crippen molar-refractivity contribution in [3.63, 3.8) is 0 Å². The van der Waals surface area contributed by atoms with Gasteiger partial charge in [-0.3, -0.25) is 86.9 Å². The van der Waals surface area contributed by atoms with E-state index in [1.165, 1.54) is 33.3 Å². The third-order valence-electron chi connectivity index (χ3n) is 14.8. The Balaban J connectivity index is 3.48. The second kappa shape index (κ2) is 46.8. The van der Waals surface area contributed by atoms with Gasteiger partial charge in [0.25, 0.3) is 0 Å². The summed E-state index contributed by atoms with van der Waals surface area (Å²) < 4.78 is 0. The van der Waals surface area contributed by atoms with Gasteiger partial charge in [0.1, 0.15) is 60.4 Å². The Labute approximate surface area is 591 Å². The molecular weight excluding hydrogens is 1360 g/mol. The van der Waals surface area contributed by atoms with Gasteiger partial charge in [0.2, 0.25) is 76.8 Å². The number of rotatable bonds is 50. The zero-order chi connectivity index (χ0) is 78.2. The minimum absolute atomic E-state index is 0.00584. The number of aliphatic imine (C=N–C) groups is 3. The number of nitrogens with zero attached hydrogens (tertiary/aromatic N) is 4. The van der Waals surface area contributed by atoms with Crippen LogP contribution in [0.25, 0.3) is 0 Å². The van der Waals surface area contributed by atoms with Crippen LogP contribution in [-0.2, 0) is 83.1 Å². The van der Waals surface area contributed by atoms with Gasteiger partial charge in [-0.05, 0) is 77.0 Å². The molecule has 0 aliphatic rings. The third-order valence-corrected chi connectivity index (χ3v) is 14.8. The van der Waals surface area contributed by atoms with Gasteiger partial charge in [-0.25, -0.2) is 9.78 Å². The lowest BCUT2D eigenvalue weighted by Crippen LogP contribution is -2.61. The number of primary amides is 1. The molecule has 1 aromatic rings. The number of aromatic amines is 1. The highest BCUT2D eigenvalue weighted by Crippen LogP contribution is 2.14. The number of carboxylic acid groups (broad SMARTS) is 3. The summed E-state index contributed by atoms with van der Waals surface area (Å²) in [6.45, 7) is 7.18. The van der Waals surface area contributed by atoms with E-state index in [9.17, 15) is 92.0 Å². The van der Waals surface area contributed by atoms with Gasteiger partial charge in [-0.1, -0.05) is 34.1 Å². The van der Waals surface area contributed by atoms with E-state index in [1.54, 1.807) is 20.8 Å². The molecule has 13 amide bonds. The summed E-state index contributed by atoms with van der Waals surface area (Å²) in [7, 11) is 0. The number of aliphatic carboxylic acids is 3. The van der Waals surface area contributed by atoms with Crippen molar-refractivity contribution in [2.24, 2.45) is 72.7 Å². The van der Waals surface area contributed by atoms with Crippen LogP contribution in [0.15, 0.2) is 27.5 Å². The van der Waals surface area contributed by atoms with E-state index in [2.05, 4.69) is 83.4 Å². The monoisotopic (exact) mass is 1460 g/mol. The van der Waals surface area contributed by atoms with Crippen molar-refractivity contribution in [3.8, 4) is 0 Å². The molecule has 103 heavy (non-hydrogen) atoms. The van der Waals surface area contributed by atoms with Crippen molar-refractivity contribution in [2.75, 3.05) is 32.7 Å². The molecule has 1 heterocycles. The second-order valence-electron chi connectivity index (χ2n) is 24.2. The maximum Gasteiger partial charge on any atom is 0.326 e. The Hall–Kier alpha value is -11.5. The first-order chi connectivity index (χ1) is 48.2.